The van der Waals surface area contributed by atoms with E-state index in [1.165, 1.54) is 25.7 Å². The maximum atomic E-state index is 6.27. The zero-order chi connectivity index (χ0) is 24.0. The molecule has 188 valence electrons. The maximum Gasteiger partial charge on any atom is 0.181 e. The van der Waals surface area contributed by atoms with Crippen LogP contribution in [0.4, 0.5) is 0 Å². The molecule has 0 aliphatic rings. The zero-order valence-corrected chi connectivity index (χ0v) is 26.0. The normalized spacial score (nSPS) is 20.1. The van der Waals surface area contributed by atoms with Crippen molar-refractivity contribution in [2.24, 2.45) is 0 Å². The highest BCUT2D eigenvalue weighted by atomic mass is 28.2. The third-order valence-corrected chi connectivity index (χ3v) is 9.86. The van der Waals surface area contributed by atoms with Crippen LogP contribution in [-0.4, -0.2) is 84.4 Å². The topological polar surface area (TPSA) is 67.4 Å². The molecule has 0 saturated heterocycles. The summed E-state index contributed by atoms with van der Waals surface area (Å²) >= 11 is 0. The molecular formula is C22H51NO6Si2. The lowest BCUT2D eigenvalue weighted by molar-refractivity contribution is -0.327. The van der Waals surface area contributed by atoms with Gasteiger partial charge in [0.15, 0.2) is 22.3 Å². The Bertz CT molecular complexity index is 437. The fraction of sp³-hybridized carbons (Fsp3) is 1.00. The zero-order valence-electron chi connectivity index (χ0n) is 22.0. The predicted molar refractivity (Wildman–Crippen MR) is 134 cm³/mol. The second-order valence-corrected chi connectivity index (χ2v) is 11.4. The molecule has 0 spiro atoms. The molecule has 0 aliphatic carbocycles. The van der Waals surface area contributed by atoms with E-state index in [0.29, 0.717) is 33.7 Å². The molecule has 1 N–H and O–H groups in total. The highest BCUT2D eigenvalue weighted by Crippen LogP contribution is 2.33. The van der Waals surface area contributed by atoms with Crippen LogP contribution in [0, 0.1) is 0 Å². The van der Waals surface area contributed by atoms with E-state index in [4.69, 9.17) is 28.4 Å². The van der Waals surface area contributed by atoms with Crippen molar-refractivity contribution >= 4 is 20.5 Å². The van der Waals surface area contributed by atoms with Crippen LogP contribution in [0.15, 0.2) is 0 Å². The molecule has 0 aromatic carbocycles. The molecule has 0 rings (SSSR count). The third kappa shape index (κ3) is 8.79. The second-order valence-electron chi connectivity index (χ2n) is 8.72. The Labute approximate surface area is 197 Å². The standard InChI is InChI=1S/C22H51NO6Si2/c1-9-11-13-15-17-28-21(30,26-7)19(3,24-5)23-20(4,25-6)22(31,27-8)29-18-16-14-12-10-2/h23H,9-18H2,1-8,30-31H3. The summed E-state index contributed by atoms with van der Waals surface area (Å²) < 4.78 is 36.2. The first-order valence-corrected chi connectivity index (χ1v) is 13.8. The van der Waals surface area contributed by atoms with Gasteiger partial charge in [-0.05, 0) is 26.7 Å². The van der Waals surface area contributed by atoms with Crippen molar-refractivity contribution < 1.29 is 28.4 Å². The van der Waals surface area contributed by atoms with Gasteiger partial charge in [-0.15, -0.1) is 0 Å². The number of hydrogen-bond acceptors (Lipinski definition) is 7. The first-order valence-electron chi connectivity index (χ1n) is 11.8. The van der Waals surface area contributed by atoms with Gasteiger partial charge in [0, 0.05) is 41.7 Å². The Morgan fingerprint density at radius 1 is 0.581 bits per heavy atom. The lowest BCUT2D eigenvalue weighted by atomic mass is 10.1. The van der Waals surface area contributed by atoms with Gasteiger partial charge in [-0.2, -0.15) is 0 Å². The minimum Gasteiger partial charge on any atom is -0.359 e. The van der Waals surface area contributed by atoms with E-state index in [1.54, 1.807) is 28.4 Å². The first kappa shape index (κ1) is 31.2. The molecule has 4 atom stereocenters. The van der Waals surface area contributed by atoms with E-state index in [2.05, 4.69) is 19.2 Å². The lowest BCUT2D eigenvalue weighted by Crippen LogP contribution is -2.76. The van der Waals surface area contributed by atoms with Crippen LogP contribution in [0.5, 0.6) is 0 Å². The molecular weight excluding hydrogens is 430 g/mol. The van der Waals surface area contributed by atoms with Crippen LogP contribution in [-0.2, 0) is 28.4 Å². The van der Waals surface area contributed by atoms with Crippen LogP contribution < -0.4 is 5.32 Å². The minimum absolute atomic E-state index is 0.586. The van der Waals surface area contributed by atoms with Gasteiger partial charge in [0.25, 0.3) is 0 Å². The van der Waals surface area contributed by atoms with E-state index in [1.807, 2.05) is 13.8 Å². The van der Waals surface area contributed by atoms with Crippen molar-refractivity contribution in [1.82, 2.24) is 5.32 Å². The van der Waals surface area contributed by atoms with E-state index >= 15 is 0 Å². The number of unbranched alkanes of at least 4 members (excludes halogenated alkanes) is 6. The van der Waals surface area contributed by atoms with Gasteiger partial charge in [0.05, 0.1) is 20.5 Å². The van der Waals surface area contributed by atoms with Gasteiger partial charge in [-0.25, -0.2) is 0 Å². The van der Waals surface area contributed by atoms with Crippen molar-refractivity contribution in [1.29, 1.82) is 0 Å². The molecule has 0 heterocycles. The molecule has 0 amide bonds. The highest BCUT2D eigenvalue weighted by Gasteiger charge is 2.56. The molecule has 31 heavy (non-hydrogen) atoms. The largest absolute Gasteiger partial charge is 0.359 e. The van der Waals surface area contributed by atoms with Gasteiger partial charge in [-0.1, -0.05) is 52.4 Å². The maximum absolute atomic E-state index is 6.27. The Kier molecular flexibility index (Phi) is 15.2. The van der Waals surface area contributed by atoms with E-state index in [-0.39, 0.29) is 0 Å². The monoisotopic (exact) mass is 481 g/mol. The summed E-state index contributed by atoms with van der Waals surface area (Å²) in [4.78, 5) is 0. The molecule has 0 aliphatic heterocycles. The van der Waals surface area contributed by atoms with Crippen molar-refractivity contribution in [3.05, 3.63) is 0 Å². The van der Waals surface area contributed by atoms with Crippen molar-refractivity contribution in [2.45, 2.75) is 101 Å². The van der Waals surface area contributed by atoms with E-state index in [0.717, 1.165) is 25.7 Å². The summed E-state index contributed by atoms with van der Waals surface area (Å²) in [7, 11) is 7.81. The van der Waals surface area contributed by atoms with Crippen LogP contribution in [0.1, 0.15) is 79.1 Å². The predicted octanol–water partition coefficient (Wildman–Crippen LogP) is 1.83. The van der Waals surface area contributed by atoms with Gasteiger partial charge >= 0.3 is 0 Å². The van der Waals surface area contributed by atoms with Crippen LogP contribution in [0.3, 0.4) is 0 Å². The summed E-state index contributed by atoms with van der Waals surface area (Å²) in [6.07, 6.45) is 9.07. The molecule has 4 unspecified atom stereocenters. The number of ether oxygens (including phenoxy) is 6. The smallest absolute Gasteiger partial charge is 0.181 e. The van der Waals surface area contributed by atoms with Crippen LogP contribution in [0.25, 0.3) is 0 Å². The molecule has 0 saturated carbocycles. The summed E-state index contributed by atoms with van der Waals surface area (Å²) in [6, 6.07) is 0. The Morgan fingerprint density at radius 2 is 0.935 bits per heavy atom. The van der Waals surface area contributed by atoms with Gasteiger partial charge in [0.2, 0.25) is 0 Å². The van der Waals surface area contributed by atoms with E-state index < -0.39 is 22.3 Å². The number of nitrogens with one attached hydrogen (secondary N) is 1. The number of methoxy groups -OCH3 is 4. The van der Waals surface area contributed by atoms with Gasteiger partial charge in [0.1, 0.15) is 0 Å². The average Bonchev–Trinajstić information content (AvgIpc) is 2.77. The molecule has 0 radical (unpaired) electrons. The SMILES string of the molecule is CCCCCCOC([SiH3])(OC)C(C)(NC(C)(OC)C([SiH3])(OC)OCCCCCC)OC. The summed E-state index contributed by atoms with van der Waals surface area (Å²) in [5, 5.41) is 3.52. The minimum atomic E-state index is -0.969. The van der Waals surface area contributed by atoms with Crippen LogP contribution in [0.2, 0.25) is 0 Å². The Morgan fingerprint density at radius 3 is 1.19 bits per heavy atom. The molecule has 0 aromatic rings. The van der Waals surface area contributed by atoms with Crippen molar-refractivity contribution in [2.75, 3.05) is 41.7 Å². The van der Waals surface area contributed by atoms with E-state index in [9.17, 15) is 0 Å². The molecule has 9 heteroatoms. The number of rotatable bonds is 20. The fourth-order valence-corrected chi connectivity index (χ4v) is 4.60. The first-order chi connectivity index (χ1) is 14.6. The average molecular weight is 482 g/mol. The third-order valence-electron chi connectivity index (χ3n) is 6.56. The molecule has 0 bridgehead atoms. The highest BCUT2D eigenvalue weighted by molar-refractivity contribution is 6.15. The molecule has 0 aromatic heterocycles. The Balaban J connectivity index is 5.48. The summed E-state index contributed by atoms with van der Waals surface area (Å²) in [6.45, 7) is 9.51. The van der Waals surface area contributed by atoms with Gasteiger partial charge in [-0.3, -0.25) is 5.32 Å². The number of hydrogen-bond donors (Lipinski definition) is 1. The Hall–Kier alpha value is 0.154. The van der Waals surface area contributed by atoms with Crippen LogP contribution >= 0.6 is 0 Å². The summed E-state index contributed by atoms with van der Waals surface area (Å²) in [5.74, 6) is 0. The van der Waals surface area contributed by atoms with Crippen molar-refractivity contribution in [3.8, 4) is 0 Å². The molecule has 7 nitrogen and oxygen atoms in total. The lowest BCUT2D eigenvalue weighted by Gasteiger charge is -2.52. The second kappa shape index (κ2) is 15.1. The fourth-order valence-electron chi connectivity index (χ4n) is 3.53. The molecule has 0 fully saturated rings. The van der Waals surface area contributed by atoms with Crippen molar-refractivity contribution in [3.63, 3.8) is 0 Å². The quantitative estimate of drug-likeness (QED) is 0.162. The summed E-state index contributed by atoms with van der Waals surface area (Å²) in [5.41, 5.74) is -3.76. The van der Waals surface area contributed by atoms with Gasteiger partial charge < -0.3 is 28.4 Å².